The van der Waals surface area contributed by atoms with Crippen LogP contribution in [-0.2, 0) is 199 Å². The topological polar surface area (TPSA) is 543 Å². The molecule has 44 nitrogen and oxygen atoms in total. The van der Waals surface area contributed by atoms with Crippen molar-refractivity contribution >= 4 is 80.2 Å². The number of aryl methyl sites for hydroxylation is 12. The monoisotopic (exact) mass is 2230 g/mol. The van der Waals surface area contributed by atoms with Crippen LogP contribution in [0.2, 0.25) is 0 Å². The zero-order valence-corrected chi connectivity index (χ0v) is 77.2. The third-order valence-electron chi connectivity index (χ3n) is 10.8. The molecule has 0 N–H and O–H groups in total. The van der Waals surface area contributed by atoms with E-state index in [4.69, 9.17) is 0 Å². The molecule has 0 saturated heterocycles. The molecule has 0 unspecified atom stereocenters. The molecular formula is C56H72Cu2F24N28O16S8. The van der Waals surface area contributed by atoms with Crippen LogP contribution in [0.3, 0.4) is 0 Å². The second kappa shape index (κ2) is 59.9. The van der Waals surface area contributed by atoms with Gasteiger partial charge in [0.2, 0.25) is 0 Å². The summed E-state index contributed by atoms with van der Waals surface area (Å²) in [6, 6.07) is 0. The van der Waals surface area contributed by atoms with Crippen LogP contribution in [-0.4, -0.2) is 226 Å². The molecule has 0 bridgehead atoms. The van der Waals surface area contributed by atoms with E-state index in [1.54, 1.807) is 150 Å². The van der Waals surface area contributed by atoms with Crippen LogP contribution in [0.25, 0.3) is 16.5 Å². The summed E-state index contributed by atoms with van der Waals surface area (Å²) in [7, 11) is -30.5. The second-order valence-corrected chi connectivity index (χ2v) is 36.1. The molecule has 0 aliphatic carbocycles. The Balaban J connectivity index is -0.000000331. The summed E-state index contributed by atoms with van der Waals surface area (Å²) in [6.45, 7) is 0. The first-order chi connectivity index (χ1) is 59.6. The molecule has 12 rings (SSSR count). The first-order valence-electron chi connectivity index (χ1n) is 32.1. The zero-order valence-electron chi connectivity index (χ0n) is 68.8. The molecule has 12 aromatic heterocycles. The summed E-state index contributed by atoms with van der Waals surface area (Å²) in [6.07, 6.45) is 64.7. The SMILES string of the molecule is Cn1ccnc1.Cn1ccnc1.Cn1ccnc1.Cn1ccnc1.Cn1ccnc1.Cn1ccnc1.Cn1ccnc1.Cn1ccnc1.Cn1ccnc1.Cn1ccnc1.Cn1ccnc1.Cn1ccnc1.O=S(=O)([N-]S(=O)(=O)C(F)(F)F)C(F)(F)F.O=S(=O)([N-]S(=O)(=O)C(F)(F)F)C(F)(F)F.O=S(=O)([N-]S(=O)(=O)C(F)(F)F)C(F)(F)F.O=S(=O)([N-]S(=O)(=O)C(F)(F)F)C(F)(F)F.[Cu+2].[Cu+2]. The summed E-state index contributed by atoms with van der Waals surface area (Å²) >= 11 is 0. The van der Waals surface area contributed by atoms with E-state index in [1.165, 1.54) is 0 Å². The number of hydrogen-bond donors (Lipinski definition) is 0. The Morgan fingerprint density at radius 2 is 0.216 bits per heavy atom. The van der Waals surface area contributed by atoms with Gasteiger partial charge in [-0.2, -0.15) is 105 Å². The first-order valence-corrected chi connectivity index (χ1v) is 43.6. The number of alkyl halides is 24. The van der Waals surface area contributed by atoms with Crippen molar-refractivity contribution in [1.29, 1.82) is 0 Å². The van der Waals surface area contributed by atoms with E-state index in [1.807, 2.05) is 214 Å². The largest absolute Gasteiger partial charge is 2.00 e. The molecule has 770 valence electrons. The van der Waals surface area contributed by atoms with Gasteiger partial charge in [0, 0.05) is 233 Å². The molecule has 78 heteroatoms. The van der Waals surface area contributed by atoms with Gasteiger partial charge in [0.05, 0.1) is 75.9 Å². The summed E-state index contributed by atoms with van der Waals surface area (Å²) in [5, 5.41) is 0. The van der Waals surface area contributed by atoms with Crippen LogP contribution < -0.4 is 0 Å². The molecule has 134 heavy (non-hydrogen) atoms. The first kappa shape index (κ1) is 134. The van der Waals surface area contributed by atoms with E-state index in [0.717, 1.165) is 16.5 Å². The number of sulfonamides is 8. The minimum Gasteiger partial charge on any atom is -0.421 e. The number of imidazole rings is 12. The van der Waals surface area contributed by atoms with Gasteiger partial charge in [0.1, 0.15) is 0 Å². The van der Waals surface area contributed by atoms with E-state index in [2.05, 4.69) is 59.8 Å². The van der Waals surface area contributed by atoms with E-state index in [0.29, 0.717) is 0 Å². The molecule has 0 aliphatic rings. The van der Waals surface area contributed by atoms with Crippen molar-refractivity contribution in [2.24, 2.45) is 84.6 Å². The second-order valence-electron chi connectivity index (χ2n) is 22.4. The predicted octanol–water partition coefficient (Wildman–Crippen LogP) is 9.27. The maximum atomic E-state index is 11.4. The van der Waals surface area contributed by atoms with Gasteiger partial charge in [-0.15, -0.1) is 0 Å². The van der Waals surface area contributed by atoms with Crippen LogP contribution in [0, 0.1) is 0 Å². The van der Waals surface area contributed by atoms with Crippen LogP contribution in [0.1, 0.15) is 0 Å². The molecule has 0 amide bonds. The molecule has 0 aliphatic heterocycles. The molecule has 0 atom stereocenters. The molecule has 12 heterocycles. The minimum atomic E-state index is -6.72. The summed E-state index contributed by atoms with van der Waals surface area (Å²) in [4.78, 5) is 45.4. The molecule has 0 fully saturated rings. The zero-order chi connectivity index (χ0) is 104. The fourth-order valence-corrected chi connectivity index (χ4v) is 11.6. The van der Waals surface area contributed by atoms with Gasteiger partial charge in [-0.1, -0.05) is 0 Å². The van der Waals surface area contributed by atoms with E-state index < -0.39 is 124 Å². The van der Waals surface area contributed by atoms with Gasteiger partial charge in [0.25, 0.3) is 0 Å². The Kier molecular flexibility index (Phi) is 60.0. The number of hydrogen-bond acceptors (Lipinski definition) is 28. The standard InChI is InChI=1S/12C4H6N2.4C2F6NO4S2.2Cu/c12*1-6-3-2-5-4-6;4*3-1(4,5)14(10,11)9-15(12,13)2(6,7)8;;/h12*2-4H,1H3;;;;;;/q;;;;;;;;;;;;4*-1;2*+2. The third-order valence-corrected chi connectivity index (χ3v) is 21.7. The average Bonchev–Trinajstić information content (AvgIpc) is 1.29. The Morgan fingerprint density at radius 3 is 0.239 bits per heavy atom. The van der Waals surface area contributed by atoms with Gasteiger partial charge in [0.15, 0.2) is 80.2 Å². The molecular weight excluding hydrogens is 2160 g/mol. The van der Waals surface area contributed by atoms with Crippen LogP contribution in [0.4, 0.5) is 105 Å². The summed E-state index contributed by atoms with van der Waals surface area (Å²) in [5.41, 5.74) is -49.6. The van der Waals surface area contributed by atoms with E-state index in [-0.39, 0.29) is 34.1 Å². The van der Waals surface area contributed by atoms with Crippen molar-refractivity contribution in [3.63, 3.8) is 0 Å². The van der Waals surface area contributed by atoms with Crippen molar-refractivity contribution in [2.45, 2.75) is 44.1 Å². The van der Waals surface area contributed by atoms with Crippen LogP contribution in [0.15, 0.2) is 225 Å². The number of halogens is 24. The number of aromatic nitrogens is 24. The fourth-order valence-electron chi connectivity index (χ4n) is 4.76. The van der Waals surface area contributed by atoms with Gasteiger partial charge in [-0.3, -0.25) is 0 Å². The van der Waals surface area contributed by atoms with Crippen molar-refractivity contribution in [3.05, 3.63) is 241 Å². The smallest absolute Gasteiger partial charge is 0.421 e. The molecule has 12 aromatic rings. The van der Waals surface area contributed by atoms with Crippen molar-refractivity contribution in [2.75, 3.05) is 0 Å². The maximum absolute atomic E-state index is 11.4. The predicted molar refractivity (Wildman–Crippen MR) is 412 cm³/mol. The van der Waals surface area contributed by atoms with Gasteiger partial charge < -0.3 is 71.3 Å². The van der Waals surface area contributed by atoms with Gasteiger partial charge in [-0.25, -0.2) is 127 Å². The molecule has 0 saturated carbocycles. The normalized spacial score (nSPS) is 11.6. The Hall–Kier alpha value is -10.7. The molecule has 2 radical (unpaired) electrons. The molecule has 0 aromatic carbocycles. The third kappa shape index (κ3) is 61.3. The number of nitrogens with zero attached hydrogens (tertiary/aromatic N) is 28. The van der Waals surface area contributed by atoms with Gasteiger partial charge >= 0.3 is 78.2 Å². The number of rotatable bonds is 8. The van der Waals surface area contributed by atoms with Crippen molar-refractivity contribution < 1.29 is 207 Å². The minimum absolute atomic E-state index is 0. The van der Waals surface area contributed by atoms with E-state index >= 15 is 0 Å². The van der Waals surface area contributed by atoms with Crippen molar-refractivity contribution in [1.82, 2.24) is 115 Å². The van der Waals surface area contributed by atoms with Crippen LogP contribution in [0.5, 0.6) is 0 Å². The molecule has 0 spiro atoms. The Morgan fingerprint density at radius 1 is 0.157 bits per heavy atom. The van der Waals surface area contributed by atoms with Gasteiger partial charge in [-0.05, 0) is 0 Å². The Labute approximate surface area is 767 Å². The average molecular weight is 2230 g/mol. The summed E-state index contributed by atoms with van der Waals surface area (Å²) < 4.78 is 459. The van der Waals surface area contributed by atoms with E-state index in [9.17, 15) is 173 Å². The van der Waals surface area contributed by atoms with Crippen LogP contribution >= 0.6 is 0 Å². The Bertz CT molecular complexity index is 4710. The quantitative estimate of drug-likeness (QED) is 0.101. The fraction of sp³-hybridized carbons (Fsp3) is 0.357. The maximum Gasteiger partial charge on any atom is 2.00 e. The summed E-state index contributed by atoms with van der Waals surface area (Å²) in [5.74, 6) is 0. The van der Waals surface area contributed by atoms with Crippen molar-refractivity contribution in [3.8, 4) is 0 Å².